The van der Waals surface area contributed by atoms with Crippen LogP contribution in [0.5, 0.6) is 17.2 Å². The van der Waals surface area contributed by atoms with E-state index in [1.807, 2.05) is 123 Å². The summed E-state index contributed by atoms with van der Waals surface area (Å²) in [7, 11) is 0. The first-order valence-corrected chi connectivity index (χ1v) is 46.2. The molecule has 0 bridgehead atoms. The lowest BCUT2D eigenvalue weighted by Gasteiger charge is -2.41. The largest absolute Gasteiger partial charge is 0.435 e. The Morgan fingerprint density at radius 3 is 1.41 bits per heavy atom. The molecular weight excluding hydrogens is 1810 g/mol. The van der Waals surface area contributed by atoms with Crippen molar-refractivity contribution in [2.75, 3.05) is 33.3 Å². The monoisotopic (exact) mass is 1930 g/mol. The predicted octanol–water partition coefficient (Wildman–Crippen LogP) is 23.7. The zero-order chi connectivity index (χ0) is 101. The average Bonchev–Trinajstić information content (AvgIpc) is 1.58. The summed E-state index contributed by atoms with van der Waals surface area (Å²) in [6.07, 6.45) is 13.6. The van der Waals surface area contributed by atoms with Crippen molar-refractivity contribution in [3.8, 4) is 17.2 Å². The number of anilines is 5. The summed E-state index contributed by atoms with van der Waals surface area (Å²) in [6.45, 7) is 34.8. The number of aromatic nitrogens is 10. The van der Waals surface area contributed by atoms with Gasteiger partial charge < -0.3 is 52.4 Å². The molecule has 5 aromatic heterocycles. The number of amides is 5. The average molecular weight is 1930 g/mol. The Morgan fingerprint density at radius 1 is 0.478 bits per heavy atom. The van der Waals surface area contributed by atoms with Gasteiger partial charge in [-0.05, 0) is 232 Å². The van der Waals surface area contributed by atoms with Crippen LogP contribution in [0.4, 0.5) is 85.0 Å². The molecule has 5 amide bonds. The fourth-order valence-electron chi connectivity index (χ4n) is 17.4. The number of fused-ring (bicyclic) bond motifs is 5. The van der Waals surface area contributed by atoms with Gasteiger partial charge in [-0.25, -0.2) is 52.2 Å². The van der Waals surface area contributed by atoms with Gasteiger partial charge in [0, 0.05) is 54.0 Å². The number of carbonyl (C=O) groups excluding carboxylic acids is 5. The highest BCUT2D eigenvalue weighted by molar-refractivity contribution is 5.98. The van der Waals surface area contributed by atoms with Gasteiger partial charge in [-0.3, -0.25) is 50.6 Å². The number of carbonyl (C=O) groups is 5. The summed E-state index contributed by atoms with van der Waals surface area (Å²) < 4.78 is 156. The maximum atomic E-state index is 15.0. The molecule has 5 saturated carbocycles. The molecule has 5 fully saturated rings. The third-order valence-corrected chi connectivity index (χ3v) is 25.3. The normalized spacial score (nSPS) is 16.5. The first kappa shape index (κ1) is 104. The number of imidazole rings is 5. The molecule has 138 heavy (non-hydrogen) atoms. The minimum atomic E-state index is -3.19. The summed E-state index contributed by atoms with van der Waals surface area (Å²) in [6, 6.07) is 25.1. The van der Waals surface area contributed by atoms with Gasteiger partial charge in [0.05, 0.1) is 70.3 Å². The van der Waals surface area contributed by atoms with Gasteiger partial charge in [0.15, 0.2) is 28.8 Å². The number of rotatable bonds is 26. The van der Waals surface area contributed by atoms with Gasteiger partial charge in [-0.2, -0.15) is 26.3 Å². The lowest BCUT2D eigenvalue weighted by atomic mass is 9.75. The predicted molar refractivity (Wildman–Crippen MR) is 506 cm³/mol. The van der Waals surface area contributed by atoms with Gasteiger partial charge in [0.1, 0.15) is 51.7 Å². The second-order valence-corrected chi connectivity index (χ2v) is 41.7. The van der Waals surface area contributed by atoms with Crippen molar-refractivity contribution in [1.82, 2.24) is 47.8 Å². The van der Waals surface area contributed by atoms with Crippen LogP contribution in [-0.2, 0) is 51.8 Å². The summed E-state index contributed by atoms with van der Waals surface area (Å²) >= 11 is 0. The molecule has 5 heterocycles. The summed E-state index contributed by atoms with van der Waals surface area (Å²) in [5, 5.41) is 45.3. The first-order valence-electron chi connectivity index (χ1n) is 46.2. The fraction of sp³-hybridized carbons (Fsp3) is 0.520. The number of alkyl halides is 7. The van der Waals surface area contributed by atoms with Crippen LogP contribution >= 0.6 is 0 Å². The molecule has 0 radical (unpaired) electrons. The lowest BCUT2D eigenvalue weighted by molar-refractivity contribution is -0.122. The molecule has 6 aromatic carbocycles. The van der Waals surface area contributed by atoms with E-state index in [1.165, 1.54) is 34.9 Å². The Balaban J connectivity index is 0.000000155. The fourth-order valence-corrected chi connectivity index (χ4v) is 17.4. The lowest BCUT2D eigenvalue weighted by Crippen LogP contribution is -2.40. The van der Waals surface area contributed by atoms with Gasteiger partial charge in [-0.15, -0.1) is 0 Å². The van der Waals surface area contributed by atoms with E-state index in [2.05, 4.69) is 75.4 Å². The Bertz CT molecular complexity index is 6400. The van der Waals surface area contributed by atoms with Crippen molar-refractivity contribution in [3.05, 3.63) is 148 Å². The smallest absolute Gasteiger partial charge is 0.387 e. The van der Waals surface area contributed by atoms with Crippen LogP contribution in [0, 0.1) is 46.8 Å². The van der Waals surface area contributed by atoms with Gasteiger partial charge in [0.2, 0.25) is 59.3 Å². The number of halogens is 10. The van der Waals surface area contributed by atoms with Gasteiger partial charge in [-0.1, -0.05) is 99.6 Å². The van der Waals surface area contributed by atoms with Crippen LogP contribution in [0.2, 0.25) is 0 Å². The molecule has 11 aromatic rings. The van der Waals surface area contributed by atoms with Gasteiger partial charge in [0.25, 0.3) is 0 Å². The van der Waals surface area contributed by atoms with Crippen LogP contribution in [0.3, 0.4) is 0 Å². The molecule has 8 N–H and O–H groups in total. The van der Waals surface area contributed by atoms with Crippen molar-refractivity contribution in [3.63, 3.8) is 0 Å². The van der Waals surface area contributed by atoms with E-state index in [0.29, 0.717) is 107 Å². The van der Waals surface area contributed by atoms with Crippen molar-refractivity contribution in [2.45, 2.75) is 311 Å². The van der Waals surface area contributed by atoms with Crippen molar-refractivity contribution >= 4 is 126 Å². The highest BCUT2D eigenvalue weighted by atomic mass is 19.3. The van der Waals surface area contributed by atoms with E-state index in [9.17, 15) is 83.2 Å². The quantitative estimate of drug-likeness (QED) is 0.0184. The van der Waals surface area contributed by atoms with Crippen LogP contribution in [-0.4, -0.2) is 125 Å². The number of benzene rings is 6. The molecule has 16 rings (SSSR count). The van der Waals surface area contributed by atoms with Crippen LogP contribution in [0.25, 0.3) is 64.9 Å². The Labute approximate surface area is 793 Å². The van der Waals surface area contributed by atoms with E-state index >= 15 is 0 Å². The van der Waals surface area contributed by atoms with Crippen LogP contribution in [0.15, 0.2) is 97.1 Å². The zero-order valence-corrected chi connectivity index (χ0v) is 80.4. The molecule has 38 heteroatoms. The van der Waals surface area contributed by atoms with Crippen molar-refractivity contribution < 1.29 is 97.4 Å². The van der Waals surface area contributed by atoms with Crippen molar-refractivity contribution in [1.29, 1.82) is 0 Å². The molecular formula is C100H121F10N17O11. The number of nitrogens with one attached hydrogen (secondary N) is 5. The number of ether oxygens (including phenoxy) is 3. The Kier molecular flexibility index (Phi) is 31.3. The number of nitrogens with zero attached hydrogens (tertiary/aromatic N) is 12. The summed E-state index contributed by atoms with van der Waals surface area (Å²) in [4.78, 5) is 90.9. The molecule has 2 atom stereocenters. The third-order valence-electron chi connectivity index (χ3n) is 25.3. The number of aliphatic hydroxyl groups is 3. The highest BCUT2D eigenvalue weighted by Crippen LogP contribution is 2.50. The third kappa shape index (κ3) is 24.6. The second-order valence-electron chi connectivity index (χ2n) is 41.7. The highest BCUT2D eigenvalue weighted by Gasteiger charge is 2.43. The topological polar surface area (TPSA) is 332 Å². The maximum Gasteiger partial charge on any atom is 0.387 e. The molecule has 0 spiro atoms. The van der Waals surface area contributed by atoms with E-state index in [-0.39, 0.29) is 127 Å². The minimum Gasteiger partial charge on any atom is -0.435 e. The van der Waals surface area contributed by atoms with E-state index in [1.54, 1.807) is 60.9 Å². The van der Waals surface area contributed by atoms with Crippen LogP contribution < -0.4 is 40.8 Å². The first-order chi connectivity index (χ1) is 64.6. The minimum absolute atomic E-state index is 0.0117. The van der Waals surface area contributed by atoms with Crippen LogP contribution in [0.1, 0.15) is 269 Å². The number of hydrogen-bond donors (Lipinski definition) is 8. The summed E-state index contributed by atoms with van der Waals surface area (Å²) in [5.74, 6) is -2.92. The van der Waals surface area contributed by atoms with Crippen molar-refractivity contribution in [2.24, 2.45) is 16.2 Å². The molecule has 0 saturated heterocycles. The van der Waals surface area contributed by atoms with E-state index < -0.39 is 89.9 Å². The molecule has 0 aliphatic heterocycles. The Morgan fingerprint density at radius 2 is 0.920 bits per heavy atom. The van der Waals surface area contributed by atoms with E-state index in [0.717, 1.165) is 82.8 Å². The Hall–Kier alpha value is -12.4. The standard InChI is InChI=1S/C22H23F2N3O3.C21H28FN3O2.C20H24F2N4O2.C19H23F4N3O3.C18H23FN4O/c1-22(29,14-6-3-2-4-7-14)13-19(28)26-21-25-17-11-10-16(30-20(23)24)12-18(17)27(21)15-8-5-9-15;1-20(2,3)12-17(26)23-19-24-18-15(22)10-13(21(27)8-5-9-21)11-16(18)25(19)14-6-4-7-14;1-19(2,3)11-15(27)24-18-25-16-13(26(18)20(4)7-6-8-20)9-12(23-5)10-14(16)28-17(21)22;1-3-19(28,10-20)9-13(27)25-17-24-11-5-6-12(29-16(22)23)14(21)15(11)26(17)18(2)7-4-8-18;1-17(2,3)10-14(24)21-16-22-15-12(19)8-11(20-7)9-13(15)23(16)18(4,5)6/h2-4,6-7,10-12,15,20,29H,5,8-9,13H2,1H3,(H,25,26,28);10-11,14,27H,4-9,12H2,1-3H3,(H,23,24,26);9-10,17H,6-8,11H2,1-4H3,(H,24,25,27);5-6,16,28H,3-4,7-10H2,1-2H3,(H,24,25,27);8-9H,10H2,1-6H3,(H,21,22,24). The maximum absolute atomic E-state index is 15.0. The molecule has 5 aliphatic carbocycles. The second kappa shape index (κ2) is 41.3. The number of hydrogen-bond acceptors (Lipinski definition) is 16. The van der Waals surface area contributed by atoms with Gasteiger partial charge >= 0.3 is 19.8 Å². The molecule has 2 unspecified atom stereocenters. The zero-order valence-electron chi connectivity index (χ0n) is 80.4. The summed E-state index contributed by atoms with van der Waals surface area (Å²) in [5.41, 5.74) is -0.633. The molecule has 28 nitrogen and oxygen atoms in total. The SMILES string of the molecule is CC(C)(C)CC(=O)Nc1nc2c(F)cc(C3(O)CCC3)cc2n1C1CCC1.CC(O)(CC(=O)Nc1nc2ccc(OC(F)F)cc2n1C1CCC1)c1ccccc1.CCC(O)(CF)CC(=O)Nc1nc2ccc(OC(F)F)c(F)c2n1C1(C)CCC1.[C-]#[N+]c1cc(F)c2nc(NC(=O)CC(C)(C)C)n(C(C)(C)C)c2c1.[C-]#[N+]c1cc(OC(F)F)c2nc(NC(=O)CC(C)(C)C)n(C3(C)CCC3)c2c1. The molecule has 5 aliphatic rings. The molecule has 742 valence electrons. The van der Waals surface area contributed by atoms with E-state index in [4.69, 9.17) is 13.1 Å².